The van der Waals surface area contributed by atoms with Crippen molar-refractivity contribution in [1.29, 1.82) is 0 Å². The summed E-state index contributed by atoms with van der Waals surface area (Å²) in [6, 6.07) is 14.0. The summed E-state index contributed by atoms with van der Waals surface area (Å²) in [5.41, 5.74) is 2.40. The molecule has 1 heterocycles. The number of carbonyl (C=O) groups excluding carboxylic acids is 1. The molecule has 32 heavy (non-hydrogen) atoms. The van der Waals surface area contributed by atoms with Crippen molar-refractivity contribution in [3.05, 3.63) is 76.1 Å². The zero-order valence-corrected chi connectivity index (χ0v) is 18.2. The minimum absolute atomic E-state index is 0.0385. The number of anilines is 4. The second-order valence-corrected chi connectivity index (χ2v) is 7.51. The first-order valence-corrected chi connectivity index (χ1v) is 10.3. The van der Waals surface area contributed by atoms with Crippen LogP contribution < -0.4 is 10.6 Å². The fourth-order valence-electron chi connectivity index (χ4n) is 2.96. The Morgan fingerprint density at radius 2 is 1.72 bits per heavy atom. The predicted molar refractivity (Wildman–Crippen MR) is 123 cm³/mol. The summed E-state index contributed by atoms with van der Waals surface area (Å²) >= 11 is 0. The van der Waals surface area contributed by atoms with Crippen LogP contribution in [0.3, 0.4) is 0 Å². The molecular formula is C23H25N5O4. The summed E-state index contributed by atoms with van der Waals surface area (Å²) < 4.78 is 5.21. The van der Waals surface area contributed by atoms with E-state index in [1.165, 1.54) is 6.33 Å². The molecule has 0 radical (unpaired) electrons. The molecule has 2 N–H and O–H groups in total. The standard InChI is InChI=1S/C23H25N5O4/c1-4-16-7-5-6-8-19(16)27-22-20(28(30)31)21(24-14-25-22)26-18-11-9-17(10-12-18)23(29)32-13-15(2)3/h5-12,14-15H,4,13H2,1-3H3,(H2,24,25,26,27). The fourth-order valence-corrected chi connectivity index (χ4v) is 2.96. The third-order valence-electron chi connectivity index (χ3n) is 4.59. The van der Waals surface area contributed by atoms with Crippen molar-refractivity contribution in [2.75, 3.05) is 17.2 Å². The Kier molecular flexibility index (Phi) is 7.33. The molecule has 0 spiro atoms. The highest BCUT2D eigenvalue weighted by Crippen LogP contribution is 2.33. The van der Waals surface area contributed by atoms with Crippen LogP contribution >= 0.6 is 0 Å². The molecule has 3 aromatic rings. The normalized spacial score (nSPS) is 10.6. The molecule has 3 rings (SSSR count). The van der Waals surface area contributed by atoms with E-state index in [2.05, 4.69) is 20.6 Å². The SMILES string of the molecule is CCc1ccccc1Nc1ncnc(Nc2ccc(C(=O)OCC(C)C)cc2)c1[N+](=O)[O-]. The molecule has 0 atom stereocenters. The average molecular weight is 435 g/mol. The van der Waals surface area contributed by atoms with E-state index in [9.17, 15) is 14.9 Å². The Hall–Kier alpha value is -4.01. The quantitative estimate of drug-likeness (QED) is 0.266. The first-order valence-electron chi connectivity index (χ1n) is 10.3. The van der Waals surface area contributed by atoms with Gasteiger partial charge in [0.2, 0.25) is 11.6 Å². The van der Waals surface area contributed by atoms with E-state index in [1.54, 1.807) is 24.3 Å². The van der Waals surface area contributed by atoms with Crippen LogP contribution in [0.5, 0.6) is 0 Å². The number of nitrogens with zero attached hydrogens (tertiary/aromatic N) is 3. The van der Waals surface area contributed by atoms with Crippen molar-refractivity contribution in [2.24, 2.45) is 5.92 Å². The van der Waals surface area contributed by atoms with Gasteiger partial charge in [-0.25, -0.2) is 14.8 Å². The van der Waals surface area contributed by atoms with Gasteiger partial charge in [-0.1, -0.05) is 39.0 Å². The van der Waals surface area contributed by atoms with Crippen molar-refractivity contribution in [3.8, 4) is 0 Å². The number of hydrogen-bond donors (Lipinski definition) is 2. The highest BCUT2D eigenvalue weighted by molar-refractivity contribution is 5.90. The molecular weight excluding hydrogens is 410 g/mol. The lowest BCUT2D eigenvalue weighted by molar-refractivity contribution is -0.383. The van der Waals surface area contributed by atoms with E-state index in [1.807, 2.05) is 45.0 Å². The number of hydrogen-bond acceptors (Lipinski definition) is 8. The van der Waals surface area contributed by atoms with Gasteiger partial charge in [-0.3, -0.25) is 10.1 Å². The summed E-state index contributed by atoms with van der Waals surface area (Å²) in [7, 11) is 0. The third-order valence-corrected chi connectivity index (χ3v) is 4.59. The van der Waals surface area contributed by atoms with Crippen LogP contribution in [0.4, 0.5) is 28.7 Å². The van der Waals surface area contributed by atoms with Crippen molar-refractivity contribution < 1.29 is 14.5 Å². The van der Waals surface area contributed by atoms with Gasteiger partial charge >= 0.3 is 11.7 Å². The molecule has 0 unspecified atom stereocenters. The van der Waals surface area contributed by atoms with E-state index < -0.39 is 10.9 Å². The number of esters is 1. The number of carbonyl (C=O) groups is 1. The number of nitrogens with one attached hydrogen (secondary N) is 2. The van der Waals surface area contributed by atoms with Gasteiger partial charge < -0.3 is 15.4 Å². The molecule has 9 nitrogen and oxygen atoms in total. The molecule has 1 aromatic heterocycles. The molecule has 0 aliphatic carbocycles. The molecule has 0 saturated carbocycles. The highest BCUT2D eigenvalue weighted by Gasteiger charge is 2.24. The van der Waals surface area contributed by atoms with Crippen LogP contribution in [0.1, 0.15) is 36.7 Å². The third kappa shape index (κ3) is 5.57. The molecule has 166 valence electrons. The van der Waals surface area contributed by atoms with E-state index >= 15 is 0 Å². The molecule has 0 amide bonds. The lowest BCUT2D eigenvalue weighted by atomic mass is 10.1. The van der Waals surface area contributed by atoms with Crippen LogP contribution in [0.15, 0.2) is 54.9 Å². The monoisotopic (exact) mass is 435 g/mol. The lowest BCUT2D eigenvalue weighted by Gasteiger charge is -2.12. The Bertz CT molecular complexity index is 1100. The van der Waals surface area contributed by atoms with Crippen LogP contribution in [0.25, 0.3) is 0 Å². The number of nitro groups is 1. The van der Waals surface area contributed by atoms with Gasteiger partial charge in [0.25, 0.3) is 0 Å². The Balaban J connectivity index is 1.83. The summed E-state index contributed by atoms with van der Waals surface area (Å²) in [6.07, 6.45) is 2.02. The van der Waals surface area contributed by atoms with E-state index in [-0.39, 0.29) is 23.2 Å². The number of para-hydroxylation sites is 1. The first kappa shape index (κ1) is 22.7. The summed E-state index contributed by atoms with van der Waals surface area (Å²) in [6.45, 7) is 6.25. The Morgan fingerprint density at radius 3 is 2.34 bits per heavy atom. The molecule has 0 fully saturated rings. The predicted octanol–water partition coefficient (Wildman–Crippen LogP) is 5.25. The van der Waals surface area contributed by atoms with Gasteiger partial charge in [0.1, 0.15) is 6.33 Å². The van der Waals surface area contributed by atoms with E-state index in [4.69, 9.17) is 4.74 Å². The van der Waals surface area contributed by atoms with E-state index in [0.29, 0.717) is 17.9 Å². The molecule has 2 aromatic carbocycles. The average Bonchev–Trinajstić information content (AvgIpc) is 2.78. The van der Waals surface area contributed by atoms with Crippen LogP contribution in [-0.4, -0.2) is 27.5 Å². The zero-order chi connectivity index (χ0) is 23.1. The van der Waals surface area contributed by atoms with Gasteiger partial charge in [0, 0.05) is 11.4 Å². The molecule has 0 aliphatic heterocycles. The van der Waals surface area contributed by atoms with Crippen LogP contribution in [-0.2, 0) is 11.2 Å². The van der Waals surface area contributed by atoms with Gasteiger partial charge in [-0.15, -0.1) is 0 Å². The number of aryl methyl sites for hydroxylation is 1. The molecule has 0 aliphatic rings. The maximum absolute atomic E-state index is 12.1. The van der Waals surface area contributed by atoms with Gasteiger partial charge in [-0.2, -0.15) is 0 Å². The Labute approximate surface area is 186 Å². The fraction of sp³-hybridized carbons (Fsp3) is 0.261. The van der Waals surface area contributed by atoms with Crippen molar-refractivity contribution in [2.45, 2.75) is 27.2 Å². The van der Waals surface area contributed by atoms with Crippen molar-refractivity contribution in [1.82, 2.24) is 9.97 Å². The van der Waals surface area contributed by atoms with Crippen LogP contribution in [0, 0.1) is 16.0 Å². The number of rotatable bonds is 9. The van der Waals surface area contributed by atoms with Gasteiger partial charge in [0.15, 0.2) is 0 Å². The lowest BCUT2D eigenvalue weighted by Crippen LogP contribution is -2.10. The topological polar surface area (TPSA) is 119 Å². The van der Waals surface area contributed by atoms with Crippen molar-refractivity contribution in [3.63, 3.8) is 0 Å². The largest absolute Gasteiger partial charge is 0.462 e. The first-order chi connectivity index (χ1) is 15.4. The summed E-state index contributed by atoms with van der Waals surface area (Å²) in [5.74, 6) is -0.0523. The Morgan fingerprint density at radius 1 is 1.06 bits per heavy atom. The van der Waals surface area contributed by atoms with Gasteiger partial charge in [-0.05, 0) is 48.2 Å². The van der Waals surface area contributed by atoms with Crippen LogP contribution in [0.2, 0.25) is 0 Å². The maximum atomic E-state index is 12.1. The molecule has 0 bridgehead atoms. The second-order valence-electron chi connectivity index (χ2n) is 7.51. The second kappa shape index (κ2) is 10.3. The number of ether oxygens (including phenoxy) is 1. The number of benzene rings is 2. The maximum Gasteiger partial charge on any atom is 0.353 e. The number of aromatic nitrogens is 2. The highest BCUT2D eigenvalue weighted by atomic mass is 16.6. The molecule has 0 saturated heterocycles. The minimum atomic E-state index is -0.531. The van der Waals surface area contributed by atoms with E-state index in [0.717, 1.165) is 17.7 Å². The zero-order valence-electron chi connectivity index (χ0n) is 18.2. The summed E-state index contributed by atoms with van der Waals surface area (Å²) in [5, 5.41) is 17.8. The minimum Gasteiger partial charge on any atom is -0.462 e. The molecule has 9 heteroatoms. The smallest absolute Gasteiger partial charge is 0.353 e. The summed E-state index contributed by atoms with van der Waals surface area (Å²) in [4.78, 5) is 31.5. The van der Waals surface area contributed by atoms with Crippen molar-refractivity contribution >= 4 is 34.7 Å². The van der Waals surface area contributed by atoms with Gasteiger partial charge in [0.05, 0.1) is 17.1 Å².